The van der Waals surface area contributed by atoms with E-state index in [-0.39, 0.29) is 17.5 Å². The monoisotopic (exact) mass is 316 g/mol. The summed E-state index contributed by atoms with van der Waals surface area (Å²) in [5, 5.41) is 13.4. The Labute approximate surface area is 126 Å². The smallest absolute Gasteiger partial charge is 0.329 e. The molecule has 0 aliphatic carbocycles. The first-order valence-electron chi connectivity index (χ1n) is 5.94. The number of ether oxygens (including phenoxy) is 1. The van der Waals surface area contributed by atoms with Crippen LogP contribution in [-0.4, -0.2) is 32.6 Å². The molecule has 0 bridgehead atoms. The fourth-order valence-corrected chi connectivity index (χ4v) is 1.60. The van der Waals surface area contributed by atoms with Crippen LogP contribution in [0.1, 0.15) is 27.2 Å². The molecule has 1 amide bonds. The van der Waals surface area contributed by atoms with Gasteiger partial charge in [0, 0.05) is 0 Å². The van der Waals surface area contributed by atoms with Gasteiger partial charge >= 0.3 is 5.69 Å². The minimum absolute atomic E-state index is 0.171. The molecule has 1 rings (SSSR count). The van der Waals surface area contributed by atoms with Crippen LogP contribution in [0, 0.1) is 10.1 Å². The van der Waals surface area contributed by atoms with Crippen LogP contribution in [-0.2, 0) is 9.53 Å². The molecule has 0 saturated heterocycles. The maximum absolute atomic E-state index is 11.0. The van der Waals surface area contributed by atoms with E-state index in [1.165, 1.54) is 0 Å². The fraction of sp³-hybridized carbons (Fsp3) is 0.545. The molecular formula is C11H15ClN5O4. The van der Waals surface area contributed by atoms with Crippen molar-refractivity contribution in [3.05, 3.63) is 21.6 Å². The summed E-state index contributed by atoms with van der Waals surface area (Å²) in [6.45, 7) is 5.24. The number of carbonyl (C=O) groups excluding carboxylic acids is 1. The average molecular weight is 317 g/mol. The van der Waals surface area contributed by atoms with Gasteiger partial charge in [0.25, 0.3) is 0 Å². The summed E-state index contributed by atoms with van der Waals surface area (Å²) < 4.78 is 5.55. The average Bonchev–Trinajstić information content (AvgIpc) is 2.24. The van der Waals surface area contributed by atoms with E-state index in [4.69, 9.17) is 22.1 Å². The van der Waals surface area contributed by atoms with Crippen molar-refractivity contribution >= 4 is 29.0 Å². The molecule has 1 unspecified atom stereocenters. The summed E-state index contributed by atoms with van der Waals surface area (Å²) >= 11 is 5.61. The van der Waals surface area contributed by atoms with Gasteiger partial charge in [0.15, 0.2) is 0 Å². The molecule has 0 spiro atoms. The van der Waals surface area contributed by atoms with E-state index in [9.17, 15) is 14.9 Å². The van der Waals surface area contributed by atoms with Gasteiger partial charge in [-0.05, 0) is 32.4 Å². The molecule has 1 aromatic heterocycles. The number of amides is 1. The van der Waals surface area contributed by atoms with Crippen LogP contribution in [0.25, 0.3) is 0 Å². The lowest BCUT2D eigenvalue weighted by Crippen LogP contribution is -2.35. The SMILES string of the molecule is CC(C)(C)OC(CC([NH])=O)Nc1nc(Cl)ncc1[N+](=O)[O-]. The molecule has 9 nitrogen and oxygen atoms in total. The van der Waals surface area contributed by atoms with Crippen LogP contribution in [0.15, 0.2) is 6.20 Å². The maximum atomic E-state index is 11.0. The van der Waals surface area contributed by atoms with E-state index in [1.54, 1.807) is 20.8 Å². The van der Waals surface area contributed by atoms with Crippen molar-refractivity contribution < 1.29 is 14.5 Å². The number of halogens is 1. The summed E-state index contributed by atoms with van der Waals surface area (Å²) in [5.41, 5.74) is 5.98. The van der Waals surface area contributed by atoms with Crippen molar-refractivity contribution in [2.45, 2.75) is 39.0 Å². The number of nitrogens with one attached hydrogen (secondary N) is 2. The van der Waals surface area contributed by atoms with Gasteiger partial charge in [-0.3, -0.25) is 20.6 Å². The quantitative estimate of drug-likeness (QED) is 0.366. The van der Waals surface area contributed by atoms with E-state index < -0.39 is 28.3 Å². The molecule has 0 aromatic carbocycles. The van der Waals surface area contributed by atoms with Crippen LogP contribution in [0.2, 0.25) is 5.28 Å². The van der Waals surface area contributed by atoms with E-state index in [2.05, 4.69) is 15.3 Å². The van der Waals surface area contributed by atoms with E-state index in [1.807, 2.05) is 0 Å². The zero-order chi connectivity index (χ0) is 16.2. The van der Waals surface area contributed by atoms with Crippen molar-refractivity contribution in [2.75, 3.05) is 5.32 Å². The molecule has 21 heavy (non-hydrogen) atoms. The first kappa shape index (κ1) is 17.1. The van der Waals surface area contributed by atoms with Crippen LogP contribution in [0.4, 0.5) is 11.5 Å². The Hall–Kier alpha value is -2.00. The van der Waals surface area contributed by atoms with E-state index >= 15 is 0 Å². The van der Waals surface area contributed by atoms with Gasteiger partial charge in [-0.1, -0.05) is 0 Å². The number of nitro groups is 1. The number of hydrogen-bond donors (Lipinski definition) is 1. The van der Waals surface area contributed by atoms with Crippen molar-refractivity contribution in [3.63, 3.8) is 0 Å². The lowest BCUT2D eigenvalue weighted by molar-refractivity contribution is -0.384. The molecule has 10 heteroatoms. The van der Waals surface area contributed by atoms with Gasteiger partial charge in [-0.25, -0.2) is 4.98 Å². The number of nitrogens with zero attached hydrogens (tertiary/aromatic N) is 3. The van der Waals surface area contributed by atoms with Crippen LogP contribution in [0.3, 0.4) is 0 Å². The minimum Gasteiger partial charge on any atom is -0.352 e. The summed E-state index contributed by atoms with van der Waals surface area (Å²) in [6, 6.07) is 0. The third kappa shape index (κ3) is 5.88. The van der Waals surface area contributed by atoms with Gasteiger partial charge in [-0.15, -0.1) is 0 Å². The Morgan fingerprint density at radius 1 is 1.62 bits per heavy atom. The van der Waals surface area contributed by atoms with Crippen molar-refractivity contribution in [1.82, 2.24) is 15.7 Å². The second kappa shape index (κ2) is 6.64. The first-order valence-corrected chi connectivity index (χ1v) is 6.32. The molecule has 1 heterocycles. The number of anilines is 1. The largest absolute Gasteiger partial charge is 0.352 e. The molecule has 1 atom stereocenters. The molecule has 0 saturated carbocycles. The lowest BCUT2D eigenvalue weighted by Gasteiger charge is -2.27. The van der Waals surface area contributed by atoms with Gasteiger partial charge < -0.3 is 10.1 Å². The van der Waals surface area contributed by atoms with Crippen LogP contribution >= 0.6 is 11.6 Å². The van der Waals surface area contributed by atoms with Crippen molar-refractivity contribution in [1.29, 1.82) is 0 Å². The van der Waals surface area contributed by atoms with Crippen LogP contribution < -0.4 is 11.1 Å². The fourth-order valence-electron chi connectivity index (χ4n) is 1.46. The van der Waals surface area contributed by atoms with E-state index in [0.717, 1.165) is 6.20 Å². The lowest BCUT2D eigenvalue weighted by atomic mass is 10.2. The highest BCUT2D eigenvalue weighted by Crippen LogP contribution is 2.24. The summed E-state index contributed by atoms with van der Waals surface area (Å²) in [6.07, 6.45) is -0.288. The predicted molar refractivity (Wildman–Crippen MR) is 74.7 cm³/mol. The number of rotatable bonds is 6. The highest BCUT2D eigenvalue weighted by atomic mass is 35.5. The minimum atomic E-state index is -0.945. The van der Waals surface area contributed by atoms with Crippen LogP contribution in [0.5, 0.6) is 0 Å². The highest BCUT2D eigenvalue weighted by molar-refractivity contribution is 6.28. The van der Waals surface area contributed by atoms with Gasteiger partial charge in [0.2, 0.25) is 17.0 Å². The van der Waals surface area contributed by atoms with E-state index in [0.29, 0.717) is 0 Å². The number of hydrogen-bond acceptors (Lipinski definition) is 7. The van der Waals surface area contributed by atoms with Gasteiger partial charge in [-0.2, -0.15) is 4.98 Å². The molecule has 0 aliphatic rings. The van der Waals surface area contributed by atoms with Crippen molar-refractivity contribution in [2.24, 2.45) is 0 Å². The molecule has 2 N–H and O–H groups in total. The molecule has 1 radical (unpaired) electrons. The Morgan fingerprint density at radius 2 is 2.24 bits per heavy atom. The number of carbonyl (C=O) groups is 1. The predicted octanol–water partition coefficient (Wildman–Crippen LogP) is 1.79. The Morgan fingerprint density at radius 3 is 2.71 bits per heavy atom. The molecule has 115 valence electrons. The summed E-state index contributed by atoms with van der Waals surface area (Å²) in [7, 11) is 0. The topological polar surface area (TPSA) is 131 Å². The Bertz CT molecular complexity index is 546. The molecule has 1 aromatic rings. The molecule has 0 aliphatic heterocycles. The summed E-state index contributed by atoms with van der Waals surface area (Å²) in [5.74, 6) is -1.05. The zero-order valence-electron chi connectivity index (χ0n) is 11.7. The van der Waals surface area contributed by atoms with Gasteiger partial charge in [0.05, 0.1) is 16.9 Å². The Balaban J connectivity index is 3.04. The maximum Gasteiger partial charge on any atom is 0.329 e. The normalized spacial score (nSPS) is 12.8. The van der Waals surface area contributed by atoms with Crippen molar-refractivity contribution in [3.8, 4) is 0 Å². The second-order valence-electron chi connectivity index (χ2n) is 5.12. The standard InChI is InChI=1S/C11H15ClN5O4/c1-11(2,3)21-8(4-7(13)18)15-9-6(17(19)20)5-14-10(12)16-9/h5,8,13H,4H2,1-3H3,(H,14,15,16). The molecular weight excluding hydrogens is 302 g/mol. The molecule has 0 fully saturated rings. The zero-order valence-corrected chi connectivity index (χ0v) is 12.5. The highest BCUT2D eigenvalue weighted by Gasteiger charge is 2.25. The third-order valence-electron chi connectivity index (χ3n) is 2.10. The van der Waals surface area contributed by atoms with Gasteiger partial charge in [0.1, 0.15) is 12.4 Å². The Kier molecular flexibility index (Phi) is 5.39. The summed E-state index contributed by atoms with van der Waals surface area (Å²) in [4.78, 5) is 28.5. The second-order valence-corrected chi connectivity index (χ2v) is 5.46. The third-order valence-corrected chi connectivity index (χ3v) is 2.28. The first-order chi connectivity index (χ1) is 9.58. The number of aromatic nitrogens is 2.